The average Bonchev–Trinajstić information content (AvgIpc) is 2.93. The van der Waals surface area contributed by atoms with Crippen molar-refractivity contribution in [1.29, 1.82) is 0 Å². The topological polar surface area (TPSA) is 52.4 Å². The molecule has 0 heterocycles. The highest BCUT2D eigenvalue weighted by Gasteiger charge is 2.56. The third-order valence-electron chi connectivity index (χ3n) is 5.12. The van der Waals surface area contributed by atoms with Gasteiger partial charge in [0.05, 0.1) is 10.5 Å². The smallest absolute Gasteiger partial charge is 0.269 e. The first-order chi connectivity index (χ1) is 9.09. The van der Waals surface area contributed by atoms with E-state index >= 15 is 0 Å². The summed E-state index contributed by atoms with van der Waals surface area (Å²) in [5, 5.41) is 10.9. The van der Waals surface area contributed by atoms with Crippen LogP contribution in [0.4, 0.5) is 5.69 Å². The van der Waals surface area contributed by atoms with Gasteiger partial charge in [0.25, 0.3) is 5.69 Å². The first kappa shape index (κ1) is 12.6. The molecule has 0 aliphatic heterocycles. The second kappa shape index (κ2) is 4.30. The van der Waals surface area contributed by atoms with Gasteiger partial charge in [-0.1, -0.05) is 0 Å². The van der Waals surface area contributed by atoms with Gasteiger partial charge in [0.2, 0.25) is 0 Å². The van der Waals surface area contributed by atoms with Crippen LogP contribution in [-0.4, -0.2) is 12.0 Å². The van der Waals surface area contributed by atoms with Crippen LogP contribution in [0.3, 0.4) is 0 Å². The van der Waals surface area contributed by atoms with Crippen molar-refractivity contribution in [3.8, 4) is 0 Å². The zero-order chi connectivity index (χ0) is 13.6. The van der Waals surface area contributed by atoms with Crippen LogP contribution < -0.4 is 0 Å². The minimum Gasteiger partial charge on any atom is -0.373 e. The van der Waals surface area contributed by atoms with Crippen molar-refractivity contribution in [2.75, 3.05) is 7.11 Å². The maximum atomic E-state index is 10.9. The van der Waals surface area contributed by atoms with Crippen LogP contribution in [0, 0.1) is 28.9 Å². The van der Waals surface area contributed by atoms with Gasteiger partial charge in [-0.15, -0.1) is 0 Å². The number of aryl methyl sites for hydroxylation is 1. The van der Waals surface area contributed by atoms with E-state index in [2.05, 4.69) is 0 Å². The van der Waals surface area contributed by atoms with Crippen LogP contribution in [0.25, 0.3) is 0 Å². The zero-order valence-corrected chi connectivity index (χ0v) is 11.4. The maximum absolute atomic E-state index is 10.9. The Morgan fingerprint density at radius 2 is 1.84 bits per heavy atom. The molecule has 1 aromatic rings. The lowest BCUT2D eigenvalue weighted by Gasteiger charge is -2.35. The highest BCUT2D eigenvalue weighted by Crippen LogP contribution is 2.60. The van der Waals surface area contributed by atoms with Gasteiger partial charge in [0.1, 0.15) is 0 Å². The van der Waals surface area contributed by atoms with Crippen molar-refractivity contribution < 1.29 is 9.66 Å². The largest absolute Gasteiger partial charge is 0.373 e. The van der Waals surface area contributed by atoms with Gasteiger partial charge in [-0.3, -0.25) is 10.1 Å². The summed E-state index contributed by atoms with van der Waals surface area (Å²) < 4.78 is 5.98. The van der Waals surface area contributed by atoms with E-state index in [0.29, 0.717) is 11.8 Å². The Kier molecular flexibility index (Phi) is 2.86. The number of nitrogens with zero attached hydrogens (tertiary/aromatic N) is 1. The fourth-order valence-corrected chi connectivity index (χ4v) is 4.37. The molecule has 0 spiro atoms. The quantitative estimate of drug-likeness (QED) is 0.617. The summed E-state index contributed by atoms with van der Waals surface area (Å²) in [4.78, 5) is 10.5. The third kappa shape index (κ3) is 1.62. The van der Waals surface area contributed by atoms with Crippen LogP contribution in [0.2, 0.25) is 0 Å². The molecule has 4 heteroatoms. The number of hydrogen-bond donors (Lipinski definition) is 0. The molecule has 1 aromatic carbocycles. The summed E-state index contributed by atoms with van der Waals surface area (Å²) in [6, 6.07) is 5.20. The van der Waals surface area contributed by atoms with E-state index in [4.69, 9.17) is 4.74 Å². The monoisotopic (exact) mass is 261 g/mol. The molecule has 2 saturated carbocycles. The number of benzene rings is 1. The SMILES string of the molecule is COC1(c2ccc([N+](=O)[O-])cc2C)C2CCC1CC2. The van der Waals surface area contributed by atoms with E-state index in [0.717, 1.165) is 11.1 Å². The summed E-state index contributed by atoms with van der Waals surface area (Å²) in [6.45, 7) is 1.96. The second-order valence-corrected chi connectivity index (χ2v) is 5.80. The number of nitro benzene ring substituents is 1. The number of ether oxygens (including phenoxy) is 1. The molecule has 0 saturated heterocycles. The second-order valence-electron chi connectivity index (χ2n) is 5.80. The molecule has 0 radical (unpaired) electrons. The molecular formula is C15H19NO3. The highest BCUT2D eigenvalue weighted by atomic mass is 16.6. The van der Waals surface area contributed by atoms with Crippen molar-refractivity contribution >= 4 is 5.69 Å². The molecule has 2 bridgehead atoms. The standard InChI is InChI=1S/C15H19NO3/c1-10-9-13(16(17)18)7-8-14(10)15(19-2)11-3-4-12(15)6-5-11/h7-9,11-12H,3-6H2,1-2H3. The molecule has 102 valence electrons. The molecule has 0 aromatic heterocycles. The molecule has 2 aliphatic rings. The Morgan fingerprint density at radius 3 is 2.26 bits per heavy atom. The van der Waals surface area contributed by atoms with Gasteiger partial charge in [0, 0.05) is 19.2 Å². The highest BCUT2D eigenvalue weighted by molar-refractivity contribution is 5.43. The summed E-state index contributed by atoms with van der Waals surface area (Å²) in [7, 11) is 1.79. The van der Waals surface area contributed by atoms with Gasteiger partial charge < -0.3 is 4.74 Å². The minimum absolute atomic E-state index is 0.165. The lowest BCUT2D eigenvalue weighted by atomic mass is 9.81. The summed E-state index contributed by atoms with van der Waals surface area (Å²) >= 11 is 0. The first-order valence-electron chi connectivity index (χ1n) is 6.90. The van der Waals surface area contributed by atoms with Gasteiger partial charge in [-0.05, 0) is 61.6 Å². The number of nitro groups is 1. The van der Waals surface area contributed by atoms with Gasteiger partial charge in [0.15, 0.2) is 0 Å². The van der Waals surface area contributed by atoms with Gasteiger partial charge in [-0.2, -0.15) is 0 Å². The third-order valence-corrected chi connectivity index (χ3v) is 5.12. The lowest BCUT2D eigenvalue weighted by Crippen LogP contribution is -2.34. The number of hydrogen-bond acceptors (Lipinski definition) is 3. The van der Waals surface area contributed by atoms with E-state index in [-0.39, 0.29) is 16.2 Å². The number of fused-ring (bicyclic) bond motifs is 2. The molecule has 2 aliphatic carbocycles. The Bertz CT molecular complexity index is 506. The molecule has 2 fully saturated rings. The molecule has 0 N–H and O–H groups in total. The average molecular weight is 261 g/mol. The molecule has 4 nitrogen and oxygen atoms in total. The van der Waals surface area contributed by atoms with Crippen LogP contribution in [0.15, 0.2) is 18.2 Å². The van der Waals surface area contributed by atoms with Crippen LogP contribution in [-0.2, 0) is 10.3 Å². The number of rotatable bonds is 3. The number of non-ortho nitro benzene ring substituents is 1. The lowest BCUT2D eigenvalue weighted by molar-refractivity contribution is -0.384. The molecule has 0 amide bonds. The van der Waals surface area contributed by atoms with Crippen LogP contribution >= 0.6 is 0 Å². The maximum Gasteiger partial charge on any atom is 0.269 e. The Balaban J connectivity index is 2.08. The first-order valence-corrected chi connectivity index (χ1v) is 6.90. The van der Waals surface area contributed by atoms with E-state index in [1.807, 2.05) is 13.0 Å². The molecule has 19 heavy (non-hydrogen) atoms. The summed E-state index contributed by atoms with van der Waals surface area (Å²) in [5.41, 5.74) is 2.11. The molecular weight excluding hydrogens is 242 g/mol. The van der Waals surface area contributed by atoms with E-state index in [1.54, 1.807) is 19.2 Å². The van der Waals surface area contributed by atoms with Crippen molar-refractivity contribution in [3.63, 3.8) is 0 Å². The Labute approximate surface area is 112 Å². The summed E-state index contributed by atoms with van der Waals surface area (Å²) in [5.74, 6) is 1.14. The van der Waals surface area contributed by atoms with Gasteiger partial charge in [-0.25, -0.2) is 0 Å². The molecule has 0 atom stereocenters. The fourth-order valence-electron chi connectivity index (χ4n) is 4.37. The van der Waals surface area contributed by atoms with E-state index in [1.165, 1.54) is 25.7 Å². The Hall–Kier alpha value is -1.42. The van der Waals surface area contributed by atoms with Crippen molar-refractivity contribution in [2.45, 2.75) is 38.2 Å². The van der Waals surface area contributed by atoms with Crippen LogP contribution in [0.5, 0.6) is 0 Å². The summed E-state index contributed by atoms with van der Waals surface area (Å²) in [6.07, 6.45) is 4.87. The van der Waals surface area contributed by atoms with Crippen molar-refractivity contribution in [1.82, 2.24) is 0 Å². The van der Waals surface area contributed by atoms with Crippen molar-refractivity contribution in [3.05, 3.63) is 39.4 Å². The predicted octanol–water partition coefficient (Wildman–Crippen LogP) is 3.56. The normalized spacial score (nSPS) is 32.7. The van der Waals surface area contributed by atoms with Crippen molar-refractivity contribution in [2.24, 2.45) is 11.8 Å². The molecule has 0 unspecified atom stereocenters. The zero-order valence-electron chi connectivity index (χ0n) is 11.4. The predicted molar refractivity (Wildman–Crippen MR) is 72.0 cm³/mol. The fraction of sp³-hybridized carbons (Fsp3) is 0.600. The van der Waals surface area contributed by atoms with Gasteiger partial charge >= 0.3 is 0 Å². The number of methoxy groups -OCH3 is 1. The van der Waals surface area contributed by atoms with Crippen LogP contribution in [0.1, 0.15) is 36.8 Å². The van der Waals surface area contributed by atoms with E-state index in [9.17, 15) is 10.1 Å². The molecule has 3 rings (SSSR count). The van der Waals surface area contributed by atoms with E-state index < -0.39 is 0 Å². The minimum atomic E-state index is -0.334. The Morgan fingerprint density at radius 1 is 1.26 bits per heavy atom.